The number of hydrogen-bond donors (Lipinski definition) is 3. The molecule has 19 heavy (non-hydrogen) atoms. The number of nitrogens with zero attached hydrogens (tertiary/aromatic N) is 1. The highest BCUT2D eigenvalue weighted by Gasteiger charge is 2.09. The summed E-state index contributed by atoms with van der Waals surface area (Å²) in [4.78, 5) is 2.06. The number of aliphatic hydroxyl groups is 2. The summed E-state index contributed by atoms with van der Waals surface area (Å²) in [5.74, 6) is 0. The van der Waals surface area contributed by atoms with Crippen molar-refractivity contribution in [3.8, 4) is 0 Å². The first-order valence-electron chi connectivity index (χ1n) is 6.77. The number of nitrogens with one attached hydrogen (secondary N) is 1. The molecule has 4 heteroatoms. The first-order chi connectivity index (χ1) is 9.02. The Morgan fingerprint density at radius 2 is 2.26 bits per heavy atom. The largest absolute Gasteiger partial charge is 0.393 e. The summed E-state index contributed by atoms with van der Waals surface area (Å²) in [6.07, 6.45) is 6.29. The Morgan fingerprint density at radius 3 is 2.79 bits per heavy atom. The van der Waals surface area contributed by atoms with Crippen LogP contribution < -0.4 is 5.32 Å². The Hall–Kier alpha value is -1.10. The van der Waals surface area contributed by atoms with E-state index in [1.54, 1.807) is 0 Å². The molecule has 0 saturated carbocycles. The summed E-state index contributed by atoms with van der Waals surface area (Å²) in [7, 11) is 1.99. The van der Waals surface area contributed by atoms with Gasteiger partial charge in [0.05, 0.1) is 6.61 Å². The van der Waals surface area contributed by atoms with Crippen LogP contribution in [0, 0.1) is 0 Å². The zero-order valence-electron chi connectivity index (χ0n) is 12.2. The first-order valence-corrected chi connectivity index (χ1v) is 6.77. The summed E-state index contributed by atoms with van der Waals surface area (Å²) < 4.78 is 0. The topological polar surface area (TPSA) is 55.7 Å². The molecule has 1 rings (SSSR count). The second-order valence-electron chi connectivity index (χ2n) is 5.28. The number of aliphatic hydroxyl groups excluding tert-OH is 2. The second kappa shape index (κ2) is 8.15. The van der Waals surface area contributed by atoms with Crippen molar-refractivity contribution < 1.29 is 10.2 Å². The smallest absolute Gasteiger partial charge is 0.103 e. The van der Waals surface area contributed by atoms with E-state index in [9.17, 15) is 5.11 Å². The molecule has 0 unspecified atom stereocenters. The van der Waals surface area contributed by atoms with Gasteiger partial charge in [-0.15, -0.1) is 0 Å². The average Bonchev–Trinajstić information content (AvgIpc) is 2.37. The molecule has 0 bridgehead atoms. The summed E-state index contributed by atoms with van der Waals surface area (Å²) in [6.45, 7) is 6.53. The third-order valence-corrected chi connectivity index (χ3v) is 2.99. The maximum Gasteiger partial charge on any atom is 0.103 e. The normalized spacial score (nSPS) is 17.7. The SMILES string of the molecule is CC(C)=C/C(=C\N(C)CC1=CCNCC1)[C@H](O)CO. The fourth-order valence-corrected chi connectivity index (χ4v) is 2.09. The summed E-state index contributed by atoms with van der Waals surface area (Å²) in [6, 6.07) is 0. The van der Waals surface area contributed by atoms with Gasteiger partial charge in [-0.2, -0.15) is 0 Å². The Balaban J connectivity index is 2.71. The molecule has 1 atom stereocenters. The molecule has 0 aromatic rings. The maximum atomic E-state index is 9.81. The molecule has 1 heterocycles. The third kappa shape index (κ3) is 6.05. The highest BCUT2D eigenvalue weighted by Crippen LogP contribution is 2.11. The van der Waals surface area contributed by atoms with Crippen LogP contribution in [0.1, 0.15) is 20.3 Å². The standard InChI is InChI=1S/C15H26N2O2/c1-12(2)8-14(15(19)11-18)10-17(3)9-13-4-6-16-7-5-13/h4,8,10,15-16,18-19H,5-7,9,11H2,1-3H3/b14-10+/t15-/m1/s1. The molecule has 0 spiro atoms. The van der Waals surface area contributed by atoms with Gasteiger partial charge in [0.2, 0.25) is 0 Å². The Morgan fingerprint density at radius 1 is 1.53 bits per heavy atom. The average molecular weight is 266 g/mol. The van der Waals surface area contributed by atoms with Crippen LogP contribution in [0.2, 0.25) is 0 Å². The van der Waals surface area contributed by atoms with Gasteiger partial charge in [-0.05, 0) is 32.4 Å². The van der Waals surface area contributed by atoms with Gasteiger partial charge in [0.25, 0.3) is 0 Å². The number of hydrogen-bond acceptors (Lipinski definition) is 4. The molecule has 4 nitrogen and oxygen atoms in total. The van der Waals surface area contributed by atoms with Gasteiger partial charge in [0.15, 0.2) is 0 Å². The minimum Gasteiger partial charge on any atom is -0.393 e. The van der Waals surface area contributed by atoms with Gasteiger partial charge >= 0.3 is 0 Å². The molecule has 0 saturated heterocycles. The van der Waals surface area contributed by atoms with Crippen molar-refractivity contribution in [3.05, 3.63) is 35.1 Å². The first kappa shape index (κ1) is 16.0. The van der Waals surface area contributed by atoms with Gasteiger partial charge in [-0.1, -0.05) is 23.3 Å². The van der Waals surface area contributed by atoms with Crippen molar-refractivity contribution >= 4 is 0 Å². The third-order valence-electron chi connectivity index (χ3n) is 2.99. The summed E-state index contributed by atoms with van der Waals surface area (Å²) >= 11 is 0. The van der Waals surface area contributed by atoms with E-state index < -0.39 is 6.10 Å². The molecule has 1 aliphatic rings. The van der Waals surface area contributed by atoms with Crippen molar-refractivity contribution in [1.82, 2.24) is 10.2 Å². The van der Waals surface area contributed by atoms with Gasteiger partial charge in [-0.25, -0.2) is 0 Å². The van der Waals surface area contributed by atoms with E-state index >= 15 is 0 Å². The molecule has 3 N–H and O–H groups in total. The Labute approximate surface area is 116 Å². The van der Waals surface area contributed by atoms with Gasteiger partial charge in [-0.3, -0.25) is 0 Å². The van der Waals surface area contributed by atoms with Crippen LogP contribution in [0.15, 0.2) is 35.1 Å². The minimum atomic E-state index is -0.820. The number of likely N-dealkylation sites (N-methyl/N-ethyl adjacent to an activating group) is 1. The summed E-state index contributed by atoms with van der Waals surface area (Å²) in [5.41, 5.74) is 3.26. The van der Waals surface area contributed by atoms with Crippen molar-refractivity contribution in [2.45, 2.75) is 26.4 Å². The zero-order valence-corrected chi connectivity index (χ0v) is 12.2. The molecule has 0 amide bonds. The zero-order chi connectivity index (χ0) is 14.3. The lowest BCUT2D eigenvalue weighted by atomic mass is 10.1. The fourth-order valence-electron chi connectivity index (χ4n) is 2.09. The molecular formula is C15H26N2O2. The summed E-state index contributed by atoms with van der Waals surface area (Å²) in [5, 5.41) is 22.2. The van der Waals surface area contributed by atoms with Crippen LogP contribution in [0.5, 0.6) is 0 Å². The van der Waals surface area contributed by atoms with Crippen LogP contribution in [0.4, 0.5) is 0 Å². The van der Waals surface area contributed by atoms with E-state index in [-0.39, 0.29) is 6.61 Å². The van der Waals surface area contributed by atoms with Gasteiger partial charge in [0, 0.05) is 26.3 Å². The molecule has 0 fully saturated rings. The van der Waals surface area contributed by atoms with Crippen LogP contribution >= 0.6 is 0 Å². The van der Waals surface area contributed by atoms with Crippen LogP contribution in [-0.4, -0.2) is 54.5 Å². The highest BCUT2D eigenvalue weighted by molar-refractivity contribution is 5.26. The van der Waals surface area contributed by atoms with E-state index in [2.05, 4.69) is 16.3 Å². The molecule has 108 valence electrons. The predicted molar refractivity (Wildman–Crippen MR) is 78.8 cm³/mol. The van der Waals surface area contributed by atoms with Crippen molar-refractivity contribution in [2.75, 3.05) is 33.3 Å². The quantitative estimate of drug-likeness (QED) is 0.497. The van der Waals surface area contributed by atoms with Crippen molar-refractivity contribution in [2.24, 2.45) is 0 Å². The van der Waals surface area contributed by atoms with Crippen molar-refractivity contribution in [3.63, 3.8) is 0 Å². The van der Waals surface area contributed by atoms with Gasteiger partial charge in [0.1, 0.15) is 6.10 Å². The van der Waals surface area contributed by atoms with E-state index in [1.165, 1.54) is 5.57 Å². The predicted octanol–water partition coefficient (Wildman–Crippen LogP) is 1.04. The fraction of sp³-hybridized carbons (Fsp3) is 0.600. The van der Waals surface area contributed by atoms with Crippen LogP contribution in [0.3, 0.4) is 0 Å². The van der Waals surface area contributed by atoms with Crippen molar-refractivity contribution in [1.29, 1.82) is 0 Å². The van der Waals surface area contributed by atoms with Gasteiger partial charge < -0.3 is 20.4 Å². The highest BCUT2D eigenvalue weighted by atomic mass is 16.3. The lowest BCUT2D eigenvalue weighted by molar-refractivity contribution is 0.123. The molecule has 0 radical (unpaired) electrons. The maximum absolute atomic E-state index is 9.81. The van der Waals surface area contributed by atoms with E-state index in [1.807, 2.05) is 33.2 Å². The second-order valence-corrected chi connectivity index (χ2v) is 5.28. The number of allylic oxidation sites excluding steroid dienone is 1. The van der Waals surface area contributed by atoms with E-state index in [4.69, 9.17) is 5.11 Å². The lowest BCUT2D eigenvalue weighted by Crippen LogP contribution is -2.26. The number of rotatable bonds is 6. The Kier molecular flexibility index (Phi) is 6.84. The van der Waals surface area contributed by atoms with Crippen LogP contribution in [-0.2, 0) is 0 Å². The minimum absolute atomic E-state index is 0.254. The monoisotopic (exact) mass is 266 g/mol. The molecule has 0 aromatic heterocycles. The molecular weight excluding hydrogens is 240 g/mol. The molecule has 0 aromatic carbocycles. The molecule has 1 aliphatic heterocycles. The molecule has 0 aliphatic carbocycles. The van der Waals surface area contributed by atoms with Crippen LogP contribution in [0.25, 0.3) is 0 Å². The lowest BCUT2D eigenvalue weighted by Gasteiger charge is -2.22. The Bertz CT molecular complexity index is 368. The van der Waals surface area contributed by atoms with E-state index in [0.717, 1.165) is 37.2 Å². The van der Waals surface area contributed by atoms with E-state index in [0.29, 0.717) is 0 Å².